The Balaban J connectivity index is 1.81. The zero-order valence-electron chi connectivity index (χ0n) is 28.0. The van der Waals surface area contributed by atoms with E-state index in [0.29, 0.717) is 0 Å². The smallest absolute Gasteiger partial charge is 0.243 e. The monoisotopic (exact) mass is 738 g/mol. The second-order valence-electron chi connectivity index (χ2n) is 12.3. The highest BCUT2D eigenvalue weighted by atomic mass is 32.2. The molecule has 270 valence electrons. The topological polar surface area (TPSA) is 176 Å². The molecule has 4 rings (SSSR count). The number of hydrogen-bond donors (Lipinski definition) is 3. The molecule has 49 heavy (non-hydrogen) atoms. The number of rotatable bonds is 10. The van der Waals surface area contributed by atoms with E-state index >= 15 is 0 Å². The van der Waals surface area contributed by atoms with Gasteiger partial charge in [-0.3, -0.25) is 4.90 Å². The molecule has 0 atom stereocenters. The molecule has 0 bridgehead atoms. The molecule has 3 N–H and O–H groups in total. The molecular weight excluding hydrogens is 693 g/mol. The third kappa shape index (κ3) is 8.76. The maximum absolute atomic E-state index is 14.0. The first kappa shape index (κ1) is 39.0. The molecule has 1 saturated heterocycles. The number of sulfonamides is 3. The summed E-state index contributed by atoms with van der Waals surface area (Å²) in [5.41, 5.74) is 0.923. The van der Waals surface area contributed by atoms with E-state index in [2.05, 4.69) is 0 Å². The molecule has 0 amide bonds. The summed E-state index contributed by atoms with van der Waals surface area (Å²) in [7, 11) is -12.6. The van der Waals surface area contributed by atoms with Crippen molar-refractivity contribution in [2.24, 2.45) is 0 Å². The molecular formula is C33H46N4O9S3. The molecule has 13 nitrogen and oxygen atoms in total. The van der Waals surface area contributed by atoms with Gasteiger partial charge in [-0.25, -0.2) is 25.3 Å². The van der Waals surface area contributed by atoms with Crippen LogP contribution >= 0.6 is 0 Å². The van der Waals surface area contributed by atoms with Crippen LogP contribution in [0.3, 0.4) is 0 Å². The molecule has 1 heterocycles. The van der Waals surface area contributed by atoms with Crippen LogP contribution in [0.15, 0.2) is 87.5 Å². The third-order valence-electron chi connectivity index (χ3n) is 8.97. The lowest BCUT2D eigenvalue weighted by molar-refractivity contribution is -0.0501. The number of benzene rings is 3. The summed E-state index contributed by atoms with van der Waals surface area (Å²) in [5, 5.41) is 31.0. The van der Waals surface area contributed by atoms with Crippen molar-refractivity contribution in [1.29, 1.82) is 0 Å². The van der Waals surface area contributed by atoms with E-state index in [1.54, 1.807) is 36.4 Å². The van der Waals surface area contributed by atoms with Crippen LogP contribution in [0.4, 0.5) is 0 Å². The van der Waals surface area contributed by atoms with Crippen molar-refractivity contribution in [2.75, 3.05) is 72.2 Å². The van der Waals surface area contributed by atoms with Gasteiger partial charge in [-0.1, -0.05) is 53.1 Å². The Morgan fingerprint density at radius 2 is 0.673 bits per heavy atom. The van der Waals surface area contributed by atoms with Gasteiger partial charge in [0.2, 0.25) is 30.1 Å². The Morgan fingerprint density at radius 1 is 0.449 bits per heavy atom. The fourth-order valence-corrected chi connectivity index (χ4v) is 9.85. The highest BCUT2D eigenvalue weighted by molar-refractivity contribution is 7.89. The Hall–Kier alpha value is -2.77. The van der Waals surface area contributed by atoms with E-state index in [-0.39, 0.29) is 67.0 Å². The summed E-state index contributed by atoms with van der Waals surface area (Å²) in [5.74, 6) is 0. The largest absolute Gasteiger partial charge is 0.394 e. The molecule has 1 aliphatic rings. The number of aliphatic hydroxyl groups excluding tert-OH is 3. The molecule has 3 aromatic rings. The van der Waals surface area contributed by atoms with Gasteiger partial charge >= 0.3 is 0 Å². The van der Waals surface area contributed by atoms with Gasteiger partial charge in [0.1, 0.15) is 0 Å². The Morgan fingerprint density at radius 3 is 0.898 bits per heavy atom. The van der Waals surface area contributed by atoms with Crippen molar-refractivity contribution < 1.29 is 40.6 Å². The maximum atomic E-state index is 14.0. The van der Waals surface area contributed by atoms with Crippen molar-refractivity contribution in [1.82, 2.24) is 17.8 Å². The second kappa shape index (κ2) is 16.1. The quantitative estimate of drug-likeness (QED) is 0.272. The van der Waals surface area contributed by atoms with Gasteiger partial charge in [0.25, 0.3) is 0 Å². The van der Waals surface area contributed by atoms with Crippen LogP contribution in [-0.2, 0) is 30.1 Å². The lowest BCUT2D eigenvalue weighted by Gasteiger charge is -2.42. The average Bonchev–Trinajstić information content (AvgIpc) is 3.07. The van der Waals surface area contributed by atoms with E-state index in [4.69, 9.17) is 0 Å². The highest BCUT2D eigenvalue weighted by Gasteiger charge is 2.39. The zero-order chi connectivity index (χ0) is 36.0. The Labute approximate surface area is 290 Å². The van der Waals surface area contributed by atoms with E-state index in [1.807, 2.05) is 20.8 Å². The fourth-order valence-electron chi connectivity index (χ4n) is 5.58. The van der Waals surface area contributed by atoms with E-state index in [0.717, 1.165) is 29.6 Å². The molecule has 1 aliphatic heterocycles. The summed E-state index contributed by atoms with van der Waals surface area (Å²) in [6.07, 6.45) is 0. The standard InChI is InChI=1S/C33H46N4O9S3/c1-27-4-10-30(11-5-27)47(41,42)35-18-16-34(33(24-38,25-39)26-40)17-19-36(48(43,44)31-12-6-28(2)7-13-31)21-23-37(22-20-35)49(45,46)32-14-8-29(3)9-15-32/h4-15,38-40H,16-26H2,1-3H3. The molecule has 0 saturated carbocycles. The summed E-state index contributed by atoms with van der Waals surface area (Å²) in [6.45, 7) is 1.49. The number of aliphatic hydroxyl groups is 3. The second-order valence-corrected chi connectivity index (χ2v) is 18.2. The normalized spacial score (nSPS) is 17.8. The van der Waals surface area contributed by atoms with Crippen LogP contribution in [0.2, 0.25) is 0 Å². The van der Waals surface area contributed by atoms with Crippen LogP contribution in [0.5, 0.6) is 0 Å². The van der Waals surface area contributed by atoms with Crippen LogP contribution in [0, 0.1) is 20.8 Å². The molecule has 0 aromatic heterocycles. The first-order chi connectivity index (χ1) is 23.1. The molecule has 0 radical (unpaired) electrons. The summed E-state index contributed by atoms with van der Waals surface area (Å²) in [6, 6.07) is 18.7. The first-order valence-electron chi connectivity index (χ1n) is 15.9. The lowest BCUT2D eigenvalue weighted by Crippen LogP contribution is -2.61. The highest BCUT2D eigenvalue weighted by Crippen LogP contribution is 2.24. The minimum atomic E-state index is -4.21. The Kier molecular flexibility index (Phi) is 12.8. The van der Waals surface area contributed by atoms with E-state index in [1.165, 1.54) is 41.3 Å². The molecule has 0 aliphatic carbocycles. The van der Waals surface area contributed by atoms with E-state index < -0.39 is 55.4 Å². The average molecular weight is 739 g/mol. The Bertz CT molecular complexity index is 1770. The van der Waals surface area contributed by atoms with Crippen molar-refractivity contribution in [3.05, 3.63) is 89.5 Å². The molecule has 16 heteroatoms. The van der Waals surface area contributed by atoms with Crippen molar-refractivity contribution >= 4 is 30.1 Å². The summed E-state index contributed by atoms with van der Waals surface area (Å²) in [4.78, 5) is 1.47. The maximum Gasteiger partial charge on any atom is 0.243 e. The fraction of sp³-hybridized carbons (Fsp3) is 0.455. The minimum absolute atomic E-state index is 0.00205. The van der Waals surface area contributed by atoms with Gasteiger partial charge in [0.15, 0.2) is 0 Å². The van der Waals surface area contributed by atoms with Gasteiger partial charge in [-0.05, 0) is 57.2 Å². The number of hydrogen-bond acceptors (Lipinski definition) is 10. The van der Waals surface area contributed by atoms with Crippen LogP contribution in [-0.4, -0.2) is 136 Å². The van der Waals surface area contributed by atoms with Crippen molar-refractivity contribution in [2.45, 2.75) is 41.0 Å². The van der Waals surface area contributed by atoms with Gasteiger partial charge in [-0.2, -0.15) is 12.9 Å². The minimum Gasteiger partial charge on any atom is -0.394 e. The van der Waals surface area contributed by atoms with Gasteiger partial charge < -0.3 is 15.3 Å². The van der Waals surface area contributed by atoms with Gasteiger partial charge in [-0.15, -0.1) is 0 Å². The SMILES string of the molecule is Cc1ccc(S(=O)(=O)N2CCN(C(CO)(CO)CO)CCN(S(=O)(=O)c3ccc(C)cc3)CCN(S(=O)(=O)c3ccc(C)cc3)CC2)cc1. The predicted molar refractivity (Wildman–Crippen MR) is 185 cm³/mol. The van der Waals surface area contributed by atoms with Crippen LogP contribution < -0.4 is 0 Å². The first-order valence-corrected chi connectivity index (χ1v) is 20.2. The zero-order valence-corrected chi connectivity index (χ0v) is 30.5. The molecule has 0 spiro atoms. The van der Waals surface area contributed by atoms with Crippen molar-refractivity contribution in [3.8, 4) is 0 Å². The number of aryl methyl sites for hydroxylation is 3. The molecule has 0 unspecified atom stereocenters. The van der Waals surface area contributed by atoms with Gasteiger partial charge in [0.05, 0.1) is 40.0 Å². The lowest BCUT2D eigenvalue weighted by atomic mass is 10.0. The van der Waals surface area contributed by atoms with E-state index in [9.17, 15) is 40.6 Å². The summed E-state index contributed by atoms with van der Waals surface area (Å²) >= 11 is 0. The third-order valence-corrected chi connectivity index (χ3v) is 14.7. The molecule has 1 fully saturated rings. The van der Waals surface area contributed by atoms with Gasteiger partial charge in [0, 0.05) is 52.4 Å². The molecule has 3 aromatic carbocycles. The predicted octanol–water partition coefficient (Wildman–Crippen LogP) is 1.02. The summed E-state index contributed by atoms with van der Waals surface area (Å²) < 4.78 is 87.5. The van der Waals surface area contributed by atoms with Crippen molar-refractivity contribution in [3.63, 3.8) is 0 Å². The van der Waals surface area contributed by atoms with Crippen LogP contribution in [0.25, 0.3) is 0 Å². The number of nitrogens with zero attached hydrogens (tertiary/aromatic N) is 4. The van der Waals surface area contributed by atoms with Crippen LogP contribution in [0.1, 0.15) is 16.7 Å².